The Morgan fingerprint density at radius 3 is 2.65 bits per heavy atom. The molecule has 6 nitrogen and oxygen atoms in total. The van der Waals surface area contributed by atoms with Gasteiger partial charge in [0.25, 0.3) is 0 Å². The number of aryl methyl sites for hydroxylation is 2. The van der Waals surface area contributed by atoms with Gasteiger partial charge in [0.1, 0.15) is 4.21 Å². The molecule has 0 atom stereocenters. The van der Waals surface area contributed by atoms with E-state index in [9.17, 15) is 8.42 Å². The maximum atomic E-state index is 12.0. The van der Waals surface area contributed by atoms with Crippen molar-refractivity contribution in [1.29, 1.82) is 0 Å². The zero-order valence-corrected chi connectivity index (χ0v) is 12.9. The van der Waals surface area contributed by atoms with Crippen LogP contribution in [0.4, 0.5) is 5.95 Å². The summed E-state index contributed by atoms with van der Waals surface area (Å²) in [7, 11) is -3.41. The second kappa shape index (κ2) is 6.29. The molecule has 2 aromatic rings. The van der Waals surface area contributed by atoms with Crippen molar-refractivity contribution < 1.29 is 8.42 Å². The van der Waals surface area contributed by atoms with E-state index in [-0.39, 0.29) is 6.54 Å². The Labute approximate surface area is 122 Å². The van der Waals surface area contributed by atoms with Gasteiger partial charge in [0.2, 0.25) is 16.0 Å². The van der Waals surface area contributed by atoms with Gasteiger partial charge in [-0.2, -0.15) is 0 Å². The third-order valence-corrected chi connectivity index (χ3v) is 5.43. The smallest absolute Gasteiger partial charge is 0.250 e. The second-order valence-corrected chi connectivity index (χ2v) is 7.49. The molecular formula is C12H16N4O2S2. The Morgan fingerprint density at radius 1 is 1.20 bits per heavy atom. The van der Waals surface area contributed by atoms with E-state index >= 15 is 0 Å². The lowest BCUT2D eigenvalue weighted by Crippen LogP contribution is -2.28. The first-order valence-corrected chi connectivity index (χ1v) is 8.37. The van der Waals surface area contributed by atoms with Crippen LogP contribution >= 0.6 is 11.3 Å². The topological polar surface area (TPSA) is 84.0 Å². The van der Waals surface area contributed by atoms with E-state index in [0.29, 0.717) is 16.7 Å². The summed E-state index contributed by atoms with van der Waals surface area (Å²) in [5.74, 6) is 0.496. The minimum absolute atomic E-state index is 0.274. The highest BCUT2D eigenvalue weighted by atomic mass is 32.2. The van der Waals surface area contributed by atoms with Crippen LogP contribution < -0.4 is 10.0 Å². The molecule has 0 fully saturated rings. The van der Waals surface area contributed by atoms with Gasteiger partial charge in [0, 0.05) is 29.9 Å². The Kier molecular flexibility index (Phi) is 4.69. The molecule has 0 saturated carbocycles. The van der Waals surface area contributed by atoms with Crippen LogP contribution in [0.15, 0.2) is 28.6 Å². The lowest BCUT2D eigenvalue weighted by atomic mass is 10.5. The molecule has 2 N–H and O–H groups in total. The SMILES string of the molecule is Cc1ccnc(NCCNS(=O)(=O)c2ccc(C)s2)n1. The van der Waals surface area contributed by atoms with Gasteiger partial charge in [0.15, 0.2) is 0 Å². The van der Waals surface area contributed by atoms with Crippen LogP contribution in [-0.4, -0.2) is 31.5 Å². The van der Waals surface area contributed by atoms with Gasteiger partial charge in [0.05, 0.1) is 0 Å². The van der Waals surface area contributed by atoms with Crippen LogP contribution in [0.2, 0.25) is 0 Å². The number of nitrogens with zero attached hydrogens (tertiary/aromatic N) is 2. The average molecular weight is 312 g/mol. The summed E-state index contributed by atoms with van der Waals surface area (Å²) in [6, 6.07) is 5.20. The molecule has 2 heterocycles. The average Bonchev–Trinajstić information content (AvgIpc) is 2.82. The monoisotopic (exact) mass is 312 g/mol. The van der Waals surface area contributed by atoms with Crippen LogP contribution in [-0.2, 0) is 10.0 Å². The summed E-state index contributed by atoms with van der Waals surface area (Å²) < 4.78 is 26.8. The molecule has 0 aliphatic rings. The fraction of sp³-hybridized carbons (Fsp3) is 0.333. The molecule has 2 rings (SSSR count). The van der Waals surface area contributed by atoms with Gasteiger partial charge in [-0.1, -0.05) is 0 Å². The summed E-state index contributed by atoms with van der Waals surface area (Å²) in [5.41, 5.74) is 0.858. The number of aromatic nitrogens is 2. The molecule has 20 heavy (non-hydrogen) atoms. The van der Waals surface area contributed by atoms with Crippen LogP contribution in [0.25, 0.3) is 0 Å². The van der Waals surface area contributed by atoms with E-state index in [2.05, 4.69) is 20.0 Å². The maximum Gasteiger partial charge on any atom is 0.250 e. The number of hydrogen-bond acceptors (Lipinski definition) is 6. The highest BCUT2D eigenvalue weighted by Gasteiger charge is 2.14. The predicted octanol–water partition coefficient (Wildman–Crippen LogP) is 1.55. The van der Waals surface area contributed by atoms with E-state index in [1.807, 2.05) is 13.8 Å². The maximum absolute atomic E-state index is 12.0. The van der Waals surface area contributed by atoms with Crippen molar-refractivity contribution in [2.45, 2.75) is 18.1 Å². The minimum Gasteiger partial charge on any atom is -0.353 e. The lowest BCUT2D eigenvalue weighted by Gasteiger charge is -2.06. The molecule has 0 spiro atoms. The van der Waals surface area contributed by atoms with Gasteiger partial charge in [-0.15, -0.1) is 11.3 Å². The molecule has 0 unspecified atom stereocenters. The van der Waals surface area contributed by atoms with Gasteiger partial charge >= 0.3 is 0 Å². The van der Waals surface area contributed by atoms with Crippen molar-refractivity contribution in [3.05, 3.63) is 35.0 Å². The number of thiophene rings is 1. The van der Waals surface area contributed by atoms with E-state index < -0.39 is 10.0 Å². The molecule has 0 radical (unpaired) electrons. The summed E-state index contributed by atoms with van der Waals surface area (Å²) in [4.78, 5) is 9.18. The Bertz CT molecular complexity index is 682. The molecule has 8 heteroatoms. The molecule has 0 amide bonds. The van der Waals surface area contributed by atoms with Gasteiger partial charge in [-0.05, 0) is 32.0 Å². The molecule has 0 aliphatic carbocycles. The van der Waals surface area contributed by atoms with Gasteiger partial charge < -0.3 is 5.32 Å². The molecule has 0 bridgehead atoms. The van der Waals surface area contributed by atoms with Crippen molar-refractivity contribution >= 4 is 27.3 Å². The number of sulfonamides is 1. The Morgan fingerprint density at radius 2 is 2.00 bits per heavy atom. The van der Waals surface area contributed by atoms with Crippen molar-refractivity contribution in [3.63, 3.8) is 0 Å². The first-order valence-electron chi connectivity index (χ1n) is 6.07. The minimum atomic E-state index is -3.41. The summed E-state index contributed by atoms with van der Waals surface area (Å²) in [6.07, 6.45) is 1.66. The molecule has 0 aliphatic heterocycles. The van der Waals surface area contributed by atoms with Crippen molar-refractivity contribution in [3.8, 4) is 0 Å². The normalized spacial score (nSPS) is 11.5. The van der Waals surface area contributed by atoms with E-state index in [0.717, 1.165) is 10.6 Å². The Balaban J connectivity index is 1.84. The highest BCUT2D eigenvalue weighted by Crippen LogP contribution is 2.19. The molecule has 0 saturated heterocycles. The zero-order chi connectivity index (χ0) is 14.6. The first-order chi connectivity index (χ1) is 9.47. The quantitative estimate of drug-likeness (QED) is 0.791. The third kappa shape index (κ3) is 3.99. The van der Waals surface area contributed by atoms with Gasteiger partial charge in [-0.3, -0.25) is 0 Å². The summed E-state index contributed by atoms with van der Waals surface area (Å²) in [5, 5.41) is 2.97. The molecule has 0 aromatic carbocycles. The van der Waals surface area contributed by atoms with Crippen molar-refractivity contribution in [2.75, 3.05) is 18.4 Å². The zero-order valence-electron chi connectivity index (χ0n) is 11.3. The van der Waals surface area contributed by atoms with E-state index in [1.165, 1.54) is 11.3 Å². The molecule has 108 valence electrons. The number of anilines is 1. The predicted molar refractivity (Wildman–Crippen MR) is 79.5 cm³/mol. The molecule has 2 aromatic heterocycles. The lowest BCUT2D eigenvalue weighted by molar-refractivity contribution is 0.585. The standard InChI is InChI=1S/C12H16N4O2S2/c1-9-5-6-13-12(16-9)14-7-8-15-20(17,18)11-4-3-10(2)19-11/h3-6,15H,7-8H2,1-2H3,(H,13,14,16). The van der Waals surface area contributed by atoms with Crippen LogP contribution in [0.3, 0.4) is 0 Å². The summed E-state index contributed by atoms with van der Waals surface area (Å²) in [6.45, 7) is 4.44. The van der Waals surface area contributed by atoms with Crippen molar-refractivity contribution in [2.24, 2.45) is 0 Å². The number of hydrogen-bond donors (Lipinski definition) is 2. The Hall–Kier alpha value is -1.51. The van der Waals surface area contributed by atoms with Crippen molar-refractivity contribution in [1.82, 2.24) is 14.7 Å². The first kappa shape index (κ1) is 14.9. The van der Waals surface area contributed by atoms with Crippen LogP contribution in [0.1, 0.15) is 10.6 Å². The fourth-order valence-corrected chi connectivity index (χ4v) is 3.88. The van der Waals surface area contributed by atoms with E-state index in [4.69, 9.17) is 0 Å². The van der Waals surface area contributed by atoms with Gasteiger partial charge in [-0.25, -0.2) is 23.1 Å². The second-order valence-electron chi connectivity index (χ2n) is 4.21. The fourth-order valence-electron chi connectivity index (χ4n) is 1.52. The number of nitrogens with one attached hydrogen (secondary N) is 2. The molecular weight excluding hydrogens is 296 g/mol. The van der Waals surface area contributed by atoms with Crippen LogP contribution in [0.5, 0.6) is 0 Å². The summed E-state index contributed by atoms with van der Waals surface area (Å²) >= 11 is 1.26. The van der Waals surface area contributed by atoms with Crippen LogP contribution in [0, 0.1) is 13.8 Å². The highest BCUT2D eigenvalue weighted by molar-refractivity contribution is 7.91. The third-order valence-electron chi connectivity index (χ3n) is 2.48. The number of rotatable bonds is 6. The van der Waals surface area contributed by atoms with E-state index in [1.54, 1.807) is 24.4 Å². The largest absolute Gasteiger partial charge is 0.353 e.